The van der Waals surface area contributed by atoms with Crippen molar-refractivity contribution in [2.45, 2.75) is 52.7 Å². The molecule has 0 radical (unpaired) electrons. The lowest BCUT2D eigenvalue weighted by atomic mass is 9.97. The summed E-state index contributed by atoms with van der Waals surface area (Å²) < 4.78 is 5.90. The number of nitrogens with zero attached hydrogens (tertiary/aromatic N) is 1. The van der Waals surface area contributed by atoms with Crippen molar-refractivity contribution >= 4 is 5.82 Å². The summed E-state index contributed by atoms with van der Waals surface area (Å²) in [5.41, 5.74) is 8.22. The van der Waals surface area contributed by atoms with Gasteiger partial charge in [0.25, 0.3) is 0 Å². The van der Waals surface area contributed by atoms with Crippen LogP contribution in [0, 0.1) is 6.92 Å². The fourth-order valence-corrected chi connectivity index (χ4v) is 2.36. The van der Waals surface area contributed by atoms with Crippen LogP contribution in [-0.2, 0) is 4.74 Å². The fourth-order valence-electron chi connectivity index (χ4n) is 2.36. The summed E-state index contributed by atoms with van der Waals surface area (Å²) in [6.07, 6.45) is 4.04. The first-order valence-corrected chi connectivity index (χ1v) is 7.20. The molecular formula is C15H27N3O. The van der Waals surface area contributed by atoms with Gasteiger partial charge in [0, 0.05) is 18.4 Å². The largest absolute Gasteiger partial charge is 0.383 e. The van der Waals surface area contributed by atoms with Gasteiger partial charge in [0.15, 0.2) is 0 Å². The lowest BCUT2D eigenvalue weighted by Gasteiger charge is -2.28. The number of rotatable bonds is 8. The zero-order valence-corrected chi connectivity index (χ0v) is 12.6. The molecule has 1 aromatic heterocycles. The highest BCUT2D eigenvalue weighted by atomic mass is 16.5. The molecule has 1 rings (SSSR count). The van der Waals surface area contributed by atoms with Crippen molar-refractivity contribution in [2.24, 2.45) is 0 Å². The number of aromatic nitrogens is 1. The molecule has 0 aliphatic heterocycles. The average molecular weight is 265 g/mol. The number of nitrogen functional groups attached to an aromatic ring is 1. The number of likely N-dealkylation sites (N-methyl/N-ethyl adjacent to an activating group) is 1. The Bertz CT molecular complexity index is 376. The van der Waals surface area contributed by atoms with Crippen LogP contribution in [0.25, 0.3) is 0 Å². The second kappa shape index (κ2) is 8.12. The molecule has 0 aliphatic rings. The highest BCUT2D eigenvalue weighted by Crippen LogP contribution is 2.27. The van der Waals surface area contributed by atoms with E-state index in [0.717, 1.165) is 30.5 Å². The van der Waals surface area contributed by atoms with Gasteiger partial charge in [0.05, 0.1) is 12.1 Å². The molecule has 4 heteroatoms. The van der Waals surface area contributed by atoms with Crippen LogP contribution >= 0.6 is 0 Å². The third-order valence-corrected chi connectivity index (χ3v) is 3.17. The number of ether oxygens (including phenoxy) is 1. The molecule has 2 atom stereocenters. The van der Waals surface area contributed by atoms with Gasteiger partial charge in [-0.05, 0) is 38.4 Å². The van der Waals surface area contributed by atoms with Gasteiger partial charge in [0.1, 0.15) is 5.82 Å². The molecule has 0 saturated carbocycles. The van der Waals surface area contributed by atoms with E-state index in [1.165, 1.54) is 0 Å². The summed E-state index contributed by atoms with van der Waals surface area (Å²) in [7, 11) is 0. The third-order valence-electron chi connectivity index (χ3n) is 3.17. The van der Waals surface area contributed by atoms with Crippen LogP contribution in [-0.4, -0.2) is 24.2 Å². The SMILES string of the molecule is CCCC(OCC)C(NCC)c1cc(C)cnc1N. The van der Waals surface area contributed by atoms with E-state index in [4.69, 9.17) is 10.5 Å². The molecule has 4 nitrogen and oxygen atoms in total. The molecule has 1 heterocycles. The Labute approximate surface area is 116 Å². The number of aryl methyl sites for hydroxylation is 1. The van der Waals surface area contributed by atoms with Gasteiger partial charge in [-0.3, -0.25) is 0 Å². The Morgan fingerprint density at radius 2 is 2.11 bits per heavy atom. The van der Waals surface area contributed by atoms with Crippen molar-refractivity contribution < 1.29 is 4.74 Å². The van der Waals surface area contributed by atoms with Gasteiger partial charge in [0.2, 0.25) is 0 Å². The quantitative estimate of drug-likeness (QED) is 0.759. The van der Waals surface area contributed by atoms with E-state index in [1.807, 2.05) is 13.8 Å². The number of hydrogen-bond acceptors (Lipinski definition) is 4. The zero-order chi connectivity index (χ0) is 14.3. The van der Waals surface area contributed by atoms with Gasteiger partial charge in [-0.15, -0.1) is 0 Å². The minimum Gasteiger partial charge on any atom is -0.383 e. The van der Waals surface area contributed by atoms with Gasteiger partial charge < -0.3 is 15.8 Å². The first kappa shape index (κ1) is 15.9. The molecule has 0 spiro atoms. The van der Waals surface area contributed by atoms with Crippen molar-refractivity contribution in [1.82, 2.24) is 10.3 Å². The molecule has 2 unspecified atom stereocenters. The van der Waals surface area contributed by atoms with Crippen LogP contribution in [0.2, 0.25) is 0 Å². The number of pyridine rings is 1. The molecule has 0 saturated heterocycles. The summed E-state index contributed by atoms with van der Waals surface area (Å²) in [5, 5.41) is 3.49. The summed E-state index contributed by atoms with van der Waals surface area (Å²) in [6, 6.07) is 2.22. The molecular weight excluding hydrogens is 238 g/mol. The molecule has 0 aromatic carbocycles. The highest BCUT2D eigenvalue weighted by Gasteiger charge is 2.24. The van der Waals surface area contributed by atoms with Crippen LogP contribution in [0.5, 0.6) is 0 Å². The van der Waals surface area contributed by atoms with Crippen molar-refractivity contribution in [3.63, 3.8) is 0 Å². The van der Waals surface area contributed by atoms with Crippen LogP contribution in [0.1, 0.15) is 50.8 Å². The van der Waals surface area contributed by atoms with Crippen molar-refractivity contribution in [2.75, 3.05) is 18.9 Å². The Morgan fingerprint density at radius 3 is 2.68 bits per heavy atom. The van der Waals surface area contributed by atoms with E-state index in [-0.39, 0.29) is 12.1 Å². The summed E-state index contributed by atoms with van der Waals surface area (Å²) in [6.45, 7) is 9.93. The molecule has 108 valence electrons. The van der Waals surface area contributed by atoms with E-state index in [9.17, 15) is 0 Å². The molecule has 0 aliphatic carbocycles. The number of nitrogens with one attached hydrogen (secondary N) is 1. The molecule has 19 heavy (non-hydrogen) atoms. The fraction of sp³-hybridized carbons (Fsp3) is 0.667. The third kappa shape index (κ3) is 4.48. The first-order chi connectivity index (χ1) is 9.13. The van der Waals surface area contributed by atoms with Crippen molar-refractivity contribution in [3.05, 3.63) is 23.4 Å². The second-order valence-electron chi connectivity index (χ2n) is 4.80. The maximum Gasteiger partial charge on any atom is 0.128 e. The van der Waals surface area contributed by atoms with Gasteiger partial charge in [-0.25, -0.2) is 4.98 Å². The Kier molecular flexibility index (Phi) is 6.81. The minimum absolute atomic E-state index is 0.109. The minimum atomic E-state index is 0.109. The zero-order valence-electron chi connectivity index (χ0n) is 12.6. The second-order valence-corrected chi connectivity index (χ2v) is 4.80. The van der Waals surface area contributed by atoms with Gasteiger partial charge >= 0.3 is 0 Å². The monoisotopic (exact) mass is 265 g/mol. The molecule has 0 amide bonds. The predicted octanol–water partition coefficient (Wildman–Crippen LogP) is 2.83. The van der Waals surface area contributed by atoms with Crippen LogP contribution in [0.3, 0.4) is 0 Å². The Balaban J connectivity index is 3.05. The topological polar surface area (TPSA) is 60.2 Å². The molecule has 0 fully saturated rings. The number of hydrogen-bond donors (Lipinski definition) is 2. The standard InChI is InChI=1S/C15H27N3O/c1-5-8-13(19-7-3)14(17-6-2)12-9-11(4)10-18-15(12)16/h9-10,13-14,17H,5-8H2,1-4H3,(H2,16,18). The lowest BCUT2D eigenvalue weighted by Crippen LogP contribution is -2.34. The molecule has 0 bridgehead atoms. The van der Waals surface area contributed by atoms with E-state index in [2.05, 4.69) is 30.2 Å². The normalized spacial score (nSPS) is 14.3. The predicted molar refractivity (Wildman–Crippen MR) is 80.1 cm³/mol. The van der Waals surface area contributed by atoms with Gasteiger partial charge in [-0.1, -0.05) is 20.3 Å². The van der Waals surface area contributed by atoms with Crippen molar-refractivity contribution in [3.8, 4) is 0 Å². The lowest BCUT2D eigenvalue weighted by molar-refractivity contribution is 0.0281. The van der Waals surface area contributed by atoms with E-state index < -0.39 is 0 Å². The molecule has 3 N–H and O–H groups in total. The van der Waals surface area contributed by atoms with Crippen molar-refractivity contribution in [1.29, 1.82) is 0 Å². The van der Waals surface area contributed by atoms with E-state index in [1.54, 1.807) is 6.20 Å². The summed E-state index contributed by atoms with van der Waals surface area (Å²) in [5.74, 6) is 0.595. The summed E-state index contributed by atoms with van der Waals surface area (Å²) >= 11 is 0. The number of anilines is 1. The smallest absolute Gasteiger partial charge is 0.128 e. The molecule has 1 aromatic rings. The van der Waals surface area contributed by atoms with Crippen LogP contribution in [0.15, 0.2) is 12.3 Å². The average Bonchev–Trinajstić information content (AvgIpc) is 2.39. The maximum absolute atomic E-state index is 6.04. The van der Waals surface area contributed by atoms with Crippen LogP contribution in [0.4, 0.5) is 5.82 Å². The first-order valence-electron chi connectivity index (χ1n) is 7.20. The summed E-state index contributed by atoms with van der Waals surface area (Å²) in [4.78, 5) is 4.27. The van der Waals surface area contributed by atoms with Gasteiger partial charge in [-0.2, -0.15) is 0 Å². The van der Waals surface area contributed by atoms with E-state index in [0.29, 0.717) is 12.4 Å². The van der Waals surface area contributed by atoms with E-state index >= 15 is 0 Å². The Hall–Kier alpha value is -1.13. The Morgan fingerprint density at radius 1 is 1.37 bits per heavy atom. The maximum atomic E-state index is 6.04. The number of nitrogens with two attached hydrogens (primary N) is 1. The highest BCUT2D eigenvalue weighted by molar-refractivity contribution is 5.43. The van der Waals surface area contributed by atoms with Crippen LogP contribution < -0.4 is 11.1 Å².